The van der Waals surface area contributed by atoms with Gasteiger partial charge in [0, 0.05) is 25.4 Å². The van der Waals surface area contributed by atoms with Crippen LogP contribution in [-0.4, -0.2) is 39.1 Å². The number of aromatic nitrogens is 3. The Labute approximate surface area is 128 Å². The van der Waals surface area contributed by atoms with Gasteiger partial charge in [-0.25, -0.2) is 0 Å². The first-order valence-corrected chi connectivity index (χ1v) is 7.64. The smallest absolute Gasteiger partial charge is 0.289 e. The van der Waals surface area contributed by atoms with E-state index in [4.69, 9.17) is 10.2 Å². The molecule has 7 nitrogen and oxygen atoms in total. The Morgan fingerprint density at radius 2 is 2.41 bits per heavy atom. The zero-order valence-electron chi connectivity index (χ0n) is 12.9. The number of nitrogen functional groups attached to an aromatic ring is 1. The monoisotopic (exact) mass is 303 g/mol. The second-order valence-electron chi connectivity index (χ2n) is 5.74. The molecule has 1 aliphatic heterocycles. The number of aromatic amines is 1. The number of carbonyl (C=O) groups excluding carboxylic acids is 1. The lowest BCUT2D eigenvalue weighted by Crippen LogP contribution is -2.39. The van der Waals surface area contributed by atoms with Gasteiger partial charge in [-0.1, -0.05) is 6.92 Å². The molecule has 1 atom stereocenters. The summed E-state index contributed by atoms with van der Waals surface area (Å²) >= 11 is 0. The van der Waals surface area contributed by atoms with Crippen LogP contribution in [0.1, 0.15) is 53.4 Å². The summed E-state index contributed by atoms with van der Waals surface area (Å²) < 4.78 is 5.68. The number of nitrogens with one attached hydrogen (secondary N) is 1. The molecule has 2 aromatic rings. The van der Waals surface area contributed by atoms with E-state index in [0.29, 0.717) is 12.3 Å². The highest BCUT2D eigenvalue weighted by Gasteiger charge is 2.29. The SMILES string of the molecule is CCc1oc(C(=O)N2CCCC(c3nc(N)n[nH]3)C2)cc1C. The minimum absolute atomic E-state index is 0.0556. The predicted octanol–water partition coefficient (Wildman–Crippen LogP) is 1.87. The molecule has 0 spiro atoms. The Morgan fingerprint density at radius 1 is 1.59 bits per heavy atom. The van der Waals surface area contributed by atoms with Crippen molar-refractivity contribution >= 4 is 11.9 Å². The number of hydrogen-bond acceptors (Lipinski definition) is 5. The predicted molar refractivity (Wildman–Crippen MR) is 81.5 cm³/mol. The van der Waals surface area contributed by atoms with Gasteiger partial charge in [0.2, 0.25) is 5.95 Å². The zero-order chi connectivity index (χ0) is 15.7. The Hall–Kier alpha value is -2.31. The third kappa shape index (κ3) is 2.70. The maximum Gasteiger partial charge on any atom is 0.289 e. The Morgan fingerprint density at radius 3 is 3.05 bits per heavy atom. The van der Waals surface area contributed by atoms with Crippen molar-refractivity contribution in [2.75, 3.05) is 18.8 Å². The van der Waals surface area contributed by atoms with Crippen molar-refractivity contribution in [2.24, 2.45) is 0 Å². The van der Waals surface area contributed by atoms with E-state index in [0.717, 1.165) is 43.0 Å². The van der Waals surface area contributed by atoms with Crippen LogP contribution < -0.4 is 5.73 Å². The summed E-state index contributed by atoms with van der Waals surface area (Å²) in [6.45, 7) is 5.33. The van der Waals surface area contributed by atoms with Gasteiger partial charge in [0.25, 0.3) is 5.91 Å². The molecular formula is C15H21N5O2. The van der Waals surface area contributed by atoms with Crippen LogP contribution in [0.3, 0.4) is 0 Å². The summed E-state index contributed by atoms with van der Waals surface area (Å²) in [5.74, 6) is 2.38. The number of rotatable bonds is 3. The third-order valence-electron chi connectivity index (χ3n) is 4.17. The minimum Gasteiger partial charge on any atom is -0.456 e. The van der Waals surface area contributed by atoms with E-state index in [2.05, 4.69) is 15.2 Å². The van der Waals surface area contributed by atoms with Crippen molar-refractivity contribution in [3.63, 3.8) is 0 Å². The first-order valence-electron chi connectivity index (χ1n) is 7.64. The van der Waals surface area contributed by atoms with E-state index in [-0.39, 0.29) is 17.8 Å². The van der Waals surface area contributed by atoms with E-state index in [1.165, 1.54) is 0 Å². The number of aryl methyl sites for hydroxylation is 2. The number of nitrogens with two attached hydrogens (primary N) is 1. The van der Waals surface area contributed by atoms with Crippen LogP contribution in [0.5, 0.6) is 0 Å². The molecule has 3 N–H and O–H groups in total. The van der Waals surface area contributed by atoms with Gasteiger partial charge in [-0.15, -0.1) is 5.10 Å². The first kappa shape index (κ1) is 14.6. The fourth-order valence-corrected chi connectivity index (χ4v) is 2.99. The van der Waals surface area contributed by atoms with Crippen LogP contribution in [-0.2, 0) is 6.42 Å². The maximum absolute atomic E-state index is 12.6. The van der Waals surface area contributed by atoms with E-state index in [9.17, 15) is 4.79 Å². The molecule has 1 unspecified atom stereocenters. The molecular weight excluding hydrogens is 282 g/mol. The van der Waals surface area contributed by atoms with Crippen molar-refractivity contribution in [3.05, 3.63) is 29.0 Å². The number of carbonyl (C=O) groups is 1. The van der Waals surface area contributed by atoms with Crippen LogP contribution in [0.4, 0.5) is 5.95 Å². The lowest BCUT2D eigenvalue weighted by molar-refractivity contribution is 0.0670. The molecule has 1 amide bonds. The highest BCUT2D eigenvalue weighted by Crippen LogP contribution is 2.26. The molecule has 22 heavy (non-hydrogen) atoms. The van der Waals surface area contributed by atoms with Crippen molar-refractivity contribution in [2.45, 2.75) is 39.0 Å². The zero-order valence-corrected chi connectivity index (χ0v) is 12.9. The summed E-state index contributed by atoms with van der Waals surface area (Å²) in [4.78, 5) is 18.6. The molecule has 2 aromatic heterocycles. The molecule has 1 aliphatic rings. The lowest BCUT2D eigenvalue weighted by atomic mass is 9.97. The third-order valence-corrected chi connectivity index (χ3v) is 4.17. The first-order chi connectivity index (χ1) is 10.6. The molecule has 1 fully saturated rings. The van der Waals surface area contributed by atoms with Gasteiger partial charge in [0.05, 0.1) is 0 Å². The van der Waals surface area contributed by atoms with E-state index in [1.807, 2.05) is 24.8 Å². The minimum atomic E-state index is -0.0556. The van der Waals surface area contributed by atoms with Crippen molar-refractivity contribution < 1.29 is 9.21 Å². The van der Waals surface area contributed by atoms with E-state index < -0.39 is 0 Å². The number of nitrogens with zero attached hydrogens (tertiary/aromatic N) is 3. The maximum atomic E-state index is 12.6. The van der Waals surface area contributed by atoms with Crippen LogP contribution in [0.2, 0.25) is 0 Å². The van der Waals surface area contributed by atoms with Crippen LogP contribution in [0, 0.1) is 6.92 Å². The molecule has 0 aromatic carbocycles. The van der Waals surface area contributed by atoms with Crippen LogP contribution in [0.15, 0.2) is 10.5 Å². The number of H-pyrrole nitrogens is 1. The average Bonchev–Trinajstić information content (AvgIpc) is 3.12. The van der Waals surface area contributed by atoms with Gasteiger partial charge < -0.3 is 15.1 Å². The number of hydrogen-bond donors (Lipinski definition) is 2. The molecule has 0 aliphatic carbocycles. The Balaban J connectivity index is 1.74. The second kappa shape index (κ2) is 5.82. The number of anilines is 1. The fraction of sp³-hybridized carbons (Fsp3) is 0.533. The van der Waals surface area contributed by atoms with Crippen molar-refractivity contribution in [1.29, 1.82) is 0 Å². The summed E-state index contributed by atoms with van der Waals surface area (Å²) in [5, 5.41) is 6.71. The largest absolute Gasteiger partial charge is 0.456 e. The molecule has 0 radical (unpaired) electrons. The lowest BCUT2D eigenvalue weighted by Gasteiger charge is -2.31. The second-order valence-corrected chi connectivity index (χ2v) is 5.74. The highest BCUT2D eigenvalue weighted by molar-refractivity contribution is 5.92. The van der Waals surface area contributed by atoms with Crippen molar-refractivity contribution in [1.82, 2.24) is 20.1 Å². The highest BCUT2D eigenvalue weighted by atomic mass is 16.4. The number of piperidine rings is 1. The molecule has 0 bridgehead atoms. The molecule has 3 rings (SSSR count). The van der Waals surface area contributed by atoms with Gasteiger partial charge in [0.15, 0.2) is 5.76 Å². The van der Waals surface area contributed by atoms with Gasteiger partial charge in [-0.2, -0.15) is 4.98 Å². The molecule has 1 saturated heterocycles. The number of amides is 1. The topological polar surface area (TPSA) is 101 Å². The van der Waals surface area contributed by atoms with Crippen LogP contribution in [0.25, 0.3) is 0 Å². The summed E-state index contributed by atoms with van der Waals surface area (Å²) in [7, 11) is 0. The van der Waals surface area contributed by atoms with Crippen molar-refractivity contribution in [3.8, 4) is 0 Å². The Kier molecular flexibility index (Phi) is 3.87. The average molecular weight is 303 g/mol. The van der Waals surface area contributed by atoms with E-state index >= 15 is 0 Å². The van der Waals surface area contributed by atoms with Gasteiger partial charge in [-0.3, -0.25) is 9.89 Å². The normalized spacial score (nSPS) is 18.6. The summed E-state index contributed by atoms with van der Waals surface area (Å²) in [6.07, 6.45) is 2.69. The summed E-state index contributed by atoms with van der Waals surface area (Å²) in [6, 6.07) is 1.83. The summed E-state index contributed by atoms with van der Waals surface area (Å²) in [5.41, 5.74) is 6.59. The fourth-order valence-electron chi connectivity index (χ4n) is 2.99. The molecule has 3 heterocycles. The molecule has 7 heteroatoms. The number of furan rings is 1. The Bertz CT molecular complexity index is 675. The molecule has 118 valence electrons. The quantitative estimate of drug-likeness (QED) is 0.901. The molecule has 0 saturated carbocycles. The van der Waals surface area contributed by atoms with Gasteiger partial charge >= 0.3 is 0 Å². The standard InChI is InChI=1S/C15H21N5O2/c1-3-11-9(2)7-12(22-11)14(21)20-6-4-5-10(8-20)13-17-15(16)19-18-13/h7,10H,3-6,8H2,1-2H3,(H3,16,17,18,19). The van der Waals surface area contributed by atoms with Gasteiger partial charge in [-0.05, 0) is 31.4 Å². The van der Waals surface area contributed by atoms with Crippen LogP contribution >= 0.6 is 0 Å². The number of likely N-dealkylation sites (tertiary alicyclic amines) is 1. The van der Waals surface area contributed by atoms with E-state index in [1.54, 1.807) is 0 Å². The van der Waals surface area contributed by atoms with Gasteiger partial charge in [0.1, 0.15) is 11.6 Å².